The molecule has 96 valence electrons. The Morgan fingerprint density at radius 1 is 1.18 bits per heavy atom. The maximum Gasteiger partial charge on any atom is 0.135 e. The molecule has 0 unspecified atom stereocenters. The van der Waals surface area contributed by atoms with Gasteiger partial charge in [-0.25, -0.2) is 0 Å². The second-order valence-electron chi connectivity index (χ2n) is 3.68. The molecule has 5 heteroatoms. The monoisotopic (exact) mass is 365 g/mol. The molecule has 1 rings (SSSR count). The Morgan fingerprint density at radius 3 is 2.59 bits per heavy atom. The third kappa shape index (κ3) is 4.85. The number of unbranched alkanes of at least 4 members (excludes halogenated alkanes) is 2. The molecule has 0 heterocycles. The largest absolute Gasteiger partial charge is 0.495 e. The van der Waals surface area contributed by atoms with Gasteiger partial charge >= 0.3 is 0 Å². The molecule has 0 saturated carbocycles. The second kappa shape index (κ2) is 7.95. The number of halogens is 2. The Morgan fingerprint density at radius 2 is 1.94 bits per heavy atom. The predicted octanol–water partition coefficient (Wildman–Crippen LogP) is 3.79. The molecule has 0 aliphatic carbocycles. The maximum absolute atomic E-state index is 8.68. The van der Waals surface area contributed by atoms with Crippen LogP contribution >= 0.6 is 31.9 Å². The molecule has 2 N–H and O–H groups in total. The van der Waals surface area contributed by atoms with Gasteiger partial charge in [0.05, 0.1) is 17.3 Å². The average Bonchev–Trinajstić information content (AvgIpc) is 2.31. The summed E-state index contributed by atoms with van der Waals surface area (Å²) in [5.41, 5.74) is 1.02. The molecule has 0 radical (unpaired) electrons. The first kappa shape index (κ1) is 14.8. The SMILES string of the molecule is COc1cc(NCCCCCO)c(Br)cc1Br. The number of aliphatic hydroxyl groups is 1. The molecule has 0 amide bonds. The van der Waals surface area contributed by atoms with Crippen LogP contribution < -0.4 is 10.1 Å². The number of rotatable bonds is 7. The lowest BCUT2D eigenvalue weighted by molar-refractivity contribution is 0.283. The van der Waals surface area contributed by atoms with E-state index >= 15 is 0 Å². The molecule has 0 atom stereocenters. The van der Waals surface area contributed by atoms with E-state index in [0.717, 1.165) is 46.2 Å². The van der Waals surface area contributed by atoms with Crippen LogP contribution in [0, 0.1) is 0 Å². The zero-order valence-corrected chi connectivity index (χ0v) is 13.0. The van der Waals surface area contributed by atoms with Gasteiger partial charge in [-0.15, -0.1) is 0 Å². The minimum atomic E-state index is 0.274. The quantitative estimate of drug-likeness (QED) is 0.721. The van der Waals surface area contributed by atoms with E-state index in [1.165, 1.54) is 0 Å². The highest BCUT2D eigenvalue weighted by Gasteiger charge is 2.06. The third-order valence-electron chi connectivity index (χ3n) is 2.39. The van der Waals surface area contributed by atoms with Crippen molar-refractivity contribution in [3.05, 3.63) is 21.1 Å². The summed E-state index contributed by atoms with van der Waals surface area (Å²) in [5.74, 6) is 0.811. The van der Waals surface area contributed by atoms with Crippen molar-refractivity contribution in [1.82, 2.24) is 0 Å². The normalized spacial score (nSPS) is 10.4. The van der Waals surface area contributed by atoms with Gasteiger partial charge in [0.1, 0.15) is 5.75 Å². The van der Waals surface area contributed by atoms with Crippen molar-refractivity contribution in [1.29, 1.82) is 0 Å². The summed E-state index contributed by atoms with van der Waals surface area (Å²) >= 11 is 6.94. The summed E-state index contributed by atoms with van der Waals surface area (Å²) in [6, 6.07) is 3.93. The number of hydrogen-bond donors (Lipinski definition) is 2. The van der Waals surface area contributed by atoms with Gasteiger partial charge in [-0.3, -0.25) is 0 Å². The number of aliphatic hydroxyl groups excluding tert-OH is 1. The number of hydrogen-bond acceptors (Lipinski definition) is 3. The van der Waals surface area contributed by atoms with Crippen molar-refractivity contribution in [3.8, 4) is 5.75 Å². The molecule has 0 aromatic heterocycles. The van der Waals surface area contributed by atoms with Crippen LogP contribution in [-0.4, -0.2) is 25.4 Å². The topological polar surface area (TPSA) is 41.5 Å². The molecule has 0 spiro atoms. The fourth-order valence-electron chi connectivity index (χ4n) is 1.46. The van der Waals surface area contributed by atoms with Crippen LogP contribution in [0.2, 0.25) is 0 Å². The van der Waals surface area contributed by atoms with Gasteiger partial charge in [-0.05, 0) is 57.2 Å². The van der Waals surface area contributed by atoms with Crippen LogP contribution in [0.4, 0.5) is 5.69 Å². The summed E-state index contributed by atoms with van der Waals surface area (Å²) in [4.78, 5) is 0. The standard InChI is InChI=1S/C12H17Br2NO2/c1-17-12-8-11(9(13)7-10(12)14)15-5-3-2-4-6-16/h7-8,15-16H,2-6H2,1H3. The van der Waals surface area contributed by atoms with Gasteiger partial charge in [-0.1, -0.05) is 0 Å². The van der Waals surface area contributed by atoms with Crippen LogP contribution in [0.15, 0.2) is 21.1 Å². The minimum absolute atomic E-state index is 0.274. The number of benzene rings is 1. The Labute approximate surface area is 119 Å². The van der Waals surface area contributed by atoms with Crippen molar-refractivity contribution < 1.29 is 9.84 Å². The number of methoxy groups -OCH3 is 1. The van der Waals surface area contributed by atoms with E-state index in [0.29, 0.717) is 0 Å². The number of anilines is 1. The highest BCUT2D eigenvalue weighted by Crippen LogP contribution is 2.34. The van der Waals surface area contributed by atoms with Gasteiger partial charge in [0.25, 0.3) is 0 Å². The fraction of sp³-hybridized carbons (Fsp3) is 0.500. The van der Waals surface area contributed by atoms with Crippen LogP contribution in [0.3, 0.4) is 0 Å². The van der Waals surface area contributed by atoms with E-state index in [-0.39, 0.29) is 6.61 Å². The van der Waals surface area contributed by atoms with Crippen LogP contribution in [0.25, 0.3) is 0 Å². The van der Waals surface area contributed by atoms with Crippen LogP contribution in [0.1, 0.15) is 19.3 Å². The summed E-state index contributed by atoms with van der Waals surface area (Å²) < 4.78 is 7.18. The van der Waals surface area contributed by atoms with Crippen molar-refractivity contribution in [2.24, 2.45) is 0 Å². The first-order valence-corrected chi connectivity index (χ1v) is 7.15. The third-order valence-corrected chi connectivity index (χ3v) is 3.67. The highest BCUT2D eigenvalue weighted by atomic mass is 79.9. The van der Waals surface area contributed by atoms with Gasteiger partial charge in [-0.2, -0.15) is 0 Å². The van der Waals surface area contributed by atoms with Crippen LogP contribution in [-0.2, 0) is 0 Å². The second-order valence-corrected chi connectivity index (χ2v) is 5.39. The van der Waals surface area contributed by atoms with Crippen molar-refractivity contribution in [2.45, 2.75) is 19.3 Å². The molecule has 0 bridgehead atoms. The molecule has 0 aliphatic rings. The highest BCUT2D eigenvalue weighted by molar-refractivity contribution is 9.11. The first-order chi connectivity index (χ1) is 8.19. The molecular weight excluding hydrogens is 350 g/mol. The molecule has 0 saturated heterocycles. The van der Waals surface area contributed by atoms with E-state index in [9.17, 15) is 0 Å². The van der Waals surface area contributed by atoms with E-state index in [1.54, 1.807) is 7.11 Å². The van der Waals surface area contributed by atoms with Crippen LogP contribution in [0.5, 0.6) is 5.75 Å². The van der Waals surface area contributed by atoms with E-state index < -0.39 is 0 Å². The summed E-state index contributed by atoms with van der Waals surface area (Å²) in [6.07, 6.45) is 2.95. The summed E-state index contributed by atoms with van der Waals surface area (Å²) in [7, 11) is 1.65. The Bertz CT molecular complexity index is 359. The zero-order chi connectivity index (χ0) is 12.7. The van der Waals surface area contributed by atoms with Gasteiger partial charge < -0.3 is 15.2 Å². The lowest BCUT2D eigenvalue weighted by Gasteiger charge is -2.11. The molecule has 17 heavy (non-hydrogen) atoms. The molecule has 0 fully saturated rings. The van der Waals surface area contributed by atoms with E-state index in [4.69, 9.17) is 9.84 Å². The fourth-order valence-corrected chi connectivity index (χ4v) is 2.75. The number of nitrogens with one attached hydrogen (secondary N) is 1. The maximum atomic E-state index is 8.68. The van der Waals surface area contributed by atoms with Crippen molar-refractivity contribution in [3.63, 3.8) is 0 Å². The average molecular weight is 367 g/mol. The predicted molar refractivity (Wildman–Crippen MR) is 77.8 cm³/mol. The van der Waals surface area contributed by atoms with Crippen molar-refractivity contribution in [2.75, 3.05) is 25.6 Å². The van der Waals surface area contributed by atoms with Gasteiger partial charge in [0.15, 0.2) is 0 Å². The lowest BCUT2D eigenvalue weighted by Crippen LogP contribution is -2.03. The molecule has 1 aromatic rings. The Kier molecular flexibility index (Phi) is 6.92. The molecule has 0 aliphatic heterocycles. The van der Waals surface area contributed by atoms with Gasteiger partial charge in [0.2, 0.25) is 0 Å². The molecule has 1 aromatic carbocycles. The van der Waals surface area contributed by atoms with E-state index in [1.807, 2.05) is 12.1 Å². The van der Waals surface area contributed by atoms with E-state index in [2.05, 4.69) is 37.2 Å². The number of ether oxygens (including phenoxy) is 1. The minimum Gasteiger partial charge on any atom is -0.495 e. The summed E-state index contributed by atoms with van der Waals surface area (Å²) in [5, 5.41) is 12.0. The van der Waals surface area contributed by atoms with Crippen molar-refractivity contribution >= 4 is 37.5 Å². The lowest BCUT2D eigenvalue weighted by atomic mass is 10.2. The van der Waals surface area contributed by atoms with Gasteiger partial charge in [0, 0.05) is 23.7 Å². The smallest absolute Gasteiger partial charge is 0.135 e. The Hall–Kier alpha value is -0.260. The Balaban J connectivity index is 2.52. The zero-order valence-electron chi connectivity index (χ0n) is 9.80. The summed E-state index contributed by atoms with van der Waals surface area (Å²) in [6.45, 7) is 1.17. The first-order valence-electron chi connectivity index (χ1n) is 5.56. The molecule has 3 nitrogen and oxygen atoms in total. The molecular formula is C12H17Br2NO2.